The lowest BCUT2D eigenvalue weighted by atomic mass is 10.1. The van der Waals surface area contributed by atoms with Gasteiger partial charge in [-0.2, -0.15) is 8.78 Å². The number of anilines is 1. The van der Waals surface area contributed by atoms with Crippen molar-refractivity contribution in [3.05, 3.63) is 71.8 Å². The maximum atomic E-state index is 14.6. The summed E-state index contributed by atoms with van der Waals surface area (Å²) in [5.41, 5.74) is 0.00348. The molecular weight excluding hydrogens is 376 g/mol. The van der Waals surface area contributed by atoms with Crippen molar-refractivity contribution in [1.82, 2.24) is 0 Å². The van der Waals surface area contributed by atoms with Crippen LogP contribution in [0.1, 0.15) is 11.1 Å². The van der Waals surface area contributed by atoms with Crippen molar-refractivity contribution in [3.63, 3.8) is 0 Å². The van der Waals surface area contributed by atoms with Crippen LogP contribution in [-0.4, -0.2) is 27.5 Å². The van der Waals surface area contributed by atoms with Crippen molar-refractivity contribution < 1.29 is 26.7 Å². The fourth-order valence-corrected chi connectivity index (χ4v) is 4.22. The van der Waals surface area contributed by atoms with E-state index in [1.807, 2.05) is 0 Å². The highest BCUT2D eigenvalue weighted by Gasteiger charge is 2.47. The van der Waals surface area contributed by atoms with Crippen molar-refractivity contribution in [3.8, 4) is 0 Å². The fourth-order valence-electron chi connectivity index (χ4n) is 2.71. The van der Waals surface area contributed by atoms with Gasteiger partial charge in [0, 0.05) is 0 Å². The van der Waals surface area contributed by atoms with Gasteiger partial charge in [-0.25, -0.2) is 13.2 Å². The summed E-state index contributed by atoms with van der Waals surface area (Å²) in [5, 5.41) is 0. The predicted octanol–water partition coefficient (Wildman–Crippen LogP) is 3.40. The summed E-state index contributed by atoms with van der Waals surface area (Å²) in [7, 11) is -4.18. The number of rotatable bonds is 2. The van der Waals surface area contributed by atoms with E-state index in [1.54, 1.807) is 19.1 Å². The molecule has 2 aromatic rings. The molecule has 2 aromatic carbocycles. The maximum absolute atomic E-state index is 14.6. The van der Waals surface area contributed by atoms with Crippen molar-refractivity contribution >= 4 is 21.7 Å². The third-order valence-corrected chi connectivity index (χ3v) is 5.92. The fraction of sp³-hybridized carbons (Fsp3) is 0.211. The summed E-state index contributed by atoms with van der Waals surface area (Å²) in [6.45, 7) is 4.67. The lowest BCUT2D eigenvalue weighted by Crippen LogP contribution is -2.35. The zero-order chi connectivity index (χ0) is 19.8. The van der Waals surface area contributed by atoms with E-state index in [-0.39, 0.29) is 22.7 Å². The SMILES string of the molecule is C=C1COC(=O)C(F)(F)c2ccccc2N(S(=O)(=O)c2ccc(C)cc2)C1. The Morgan fingerprint density at radius 2 is 1.74 bits per heavy atom. The minimum atomic E-state index is -4.18. The number of nitrogens with zero attached hydrogens (tertiary/aromatic N) is 1. The van der Waals surface area contributed by atoms with Crippen molar-refractivity contribution in [1.29, 1.82) is 0 Å². The Morgan fingerprint density at radius 3 is 2.41 bits per heavy atom. The van der Waals surface area contributed by atoms with E-state index in [1.165, 1.54) is 30.3 Å². The Bertz CT molecular complexity index is 1000. The third kappa shape index (κ3) is 3.44. The van der Waals surface area contributed by atoms with E-state index < -0.39 is 34.1 Å². The van der Waals surface area contributed by atoms with Crippen LogP contribution in [0.3, 0.4) is 0 Å². The highest BCUT2D eigenvalue weighted by molar-refractivity contribution is 7.92. The van der Waals surface area contributed by atoms with E-state index >= 15 is 0 Å². The molecule has 8 heteroatoms. The molecule has 0 bridgehead atoms. The Morgan fingerprint density at radius 1 is 1.11 bits per heavy atom. The normalized spacial score (nSPS) is 17.4. The largest absolute Gasteiger partial charge is 0.456 e. The molecule has 1 heterocycles. The molecule has 1 aliphatic heterocycles. The topological polar surface area (TPSA) is 63.7 Å². The summed E-state index contributed by atoms with van der Waals surface area (Å²) >= 11 is 0. The molecule has 0 aromatic heterocycles. The van der Waals surface area contributed by atoms with E-state index in [0.717, 1.165) is 15.9 Å². The van der Waals surface area contributed by atoms with Crippen molar-refractivity contribution in [2.24, 2.45) is 0 Å². The van der Waals surface area contributed by atoms with Crippen molar-refractivity contribution in [2.45, 2.75) is 17.7 Å². The molecule has 0 amide bonds. The zero-order valence-corrected chi connectivity index (χ0v) is 15.3. The van der Waals surface area contributed by atoms with Crippen LogP contribution in [0.2, 0.25) is 0 Å². The number of halogens is 2. The monoisotopic (exact) mass is 393 g/mol. The standard InChI is InChI=1S/C19H17F2NO4S/c1-13-7-9-15(10-8-13)27(24,25)22-11-14(2)12-26-18(23)19(20,21)16-5-3-4-6-17(16)22/h3-10H,2,11-12H2,1H3. The average Bonchev–Trinajstić information content (AvgIpc) is 2.67. The Kier molecular flexibility index (Phi) is 4.77. The third-order valence-electron chi connectivity index (χ3n) is 4.15. The van der Waals surface area contributed by atoms with Gasteiger partial charge in [0.15, 0.2) is 0 Å². The van der Waals surface area contributed by atoms with Crippen LogP contribution >= 0.6 is 0 Å². The summed E-state index contributed by atoms with van der Waals surface area (Å²) in [6, 6.07) is 11.0. The average molecular weight is 393 g/mol. The first-order chi connectivity index (χ1) is 12.6. The predicted molar refractivity (Wildman–Crippen MR) is 96.1 cm³/mol. The molecule has 0 saturated heterocycles. The van der Waals surface area contributed by atoms with Gasteiger partial charge in [0.25, 0.3) is 10.0 Å². The van der Waals surface area contributed by atoms with Crippen LogP contribution < -0.4 is 4.31 Å². The van der Waals surface area contributed by atoms with Crippen LogP contribution in [0.4, 0.5) is 14.5 Å². The van der Waals surface area contributed by atoms with Gasteiger partial charge in [0.1, 0.15) is 6.61 Å². The number of ether oxygens (including phenoxy) is 1. The van der Waals surface area contributed by atoms with Crippen LogP contribution in [0.5, 0.6) is 0 Å². The number of para-hydroxylation sites is 1. The van der Waals surface area contributed by atoms with Crippen LogP contribution in [0.25, 0.3) is 0 Å². The quantitative estimate of drug-likeness (QED) is 0.580. The molecule has 0 aliphatic carbocycles. The first kappa shape index (κ1) is 19.0. The number of benzene rings is 2. The van der Waals surface area contributed by atoms with E-state index in [4.69, 9.17) is 0 Å². The molecule has 5 nitrogen and oxygen atoms in total. The molecule has 0 saturated carbocycles. The zero-order valence-electron chi connectivity index (χ0n) is 14.5. The molecule has 0 unspecified atom stereocenters. The van der Waals surface area contributed by atoms with E-state index in [9.17, 15) is 22.0 Å². The lowest BCUT2D eigenvalue weighted by molar-refractivity contribution is -0.172. The number of alkyl halides is 2. The van der Waals surface area contributed by atoms with Gasteiger partial charge < -0.3 is 4.74 Å². The summed E-state index contributed by atoms with van der Waals surface area (Å²) in [6.07, 6.45) is 0. The lowest BCUT2D eigenvalue weighted by Gasteiger charge is -2.27. The van der Waals surface area contributed by atoms with Crippen LogP contribution in [0.15, 0.2) is 65.6 Å². The molecular formula is C19H17F2NO4S. The van der Waals surface area contributed by atoms with Gasteiger partial charge in [-0.15, -0.1) is 0 Å². The number of aryl methyl sites for hydroxylation is 1. The molecule has 1 aliphatic rings. The number of carbonyl (C=O) groups is 1. The number of sulfonamides is 1. The first-order valence-corrected chi connectivity index (χ1v) is 9.48. The van der Waals surface area contributed by atoms with Gasteiger partial charge in [0.05, 0.1) is 22.7 Å². The molecule has 3 rings (SSSR count). The highest BCUT2D eigenvalue weighted by Crippen LogP contribution is 2.39. The second-order valence-corrected chi connectivity index (χ2v) is 8.10. The van der Waals surface area contributed by atoms with Crippen LogP contribution in [-0.2, 0) is 25.5 Å². The van der Waals surface area contributed by atoms with E-state index in [0.29, 0.717) is 0 Å². The first-order valence-electron chi connectivity index (χ1n) is 8.04. The molecule has 142 valence electrons. The second kappa shape index (κ2) is 6.77. The minimum Gasteiger partial charge on any atom is -0.456 e. The number of hydrogen-bond donors (Lipinski definition) is 0. The van der Waals surface area contributed by atoms with Gasteiger partial charge >= 0.3 is 11.9 Å². The van der Waals surface area contributed by atoms with Gasteiger partial charge in [-0.1, -0.05) is 42.5 Å². The van der Waals surface area contributed by atoms with Gasteiger partial charge in [-0.05, 0) is 30.7 Å². The molecule has 0 atom stereocenters. The molecule has 0 radical (unpaired) electrons. The Balaban J connectivity index is 2.23. The summed E-state index contributed by atoms with van der Waals surface area (Å²) in [4.78, 5) is 11.8. The second-order valence-electron chi connectivity index (χ2n) is 6.24. The van der Waals surface area contributed by atoms with E-state index in [2.05, 4.69) is 11.3 Å². The number of cyclic esters (lactones) is 1. The highest BCUT2D eigenvalue weighted by atomic mass is 32.2. The number of hydrogen-bond acceptors (Lipinski definition) is 4. The maximum Gasteiger partial charge on any atom is 0.382 e. The Labute approximate surface area is 155 Å². The molecule has 0 spiro atoms. The minimum absolute atomic E-state index is 0.0505. The number of fused-ring (bicyclic) bond motifs is 1. The number of carbonyl (C=O) groups excluding carboxylic acids is 1. The van der Waals surface area contributed by atoms with Gasteiger partial charge in [0.2, 0.25) is 0 Å². The van der Waals surface area contributed by atoms with Crippen molar-refractivity contribution in [2.75, 3.05) is 17.5 Å². The summed E-state index contributed by atoms with van der Waals surface area (Å²) < 4.78 is 61.1. The molecule has 0 N–H and O–H groups in total. The van der Waals surface area contributed by atoms with Crippen LogP contribution in [0, 0.1) is 6.92 Å². The molecule has 0 fully saturated rings. The molecule has 27 heavy (non-hydrogen) atoms. The Hall–Kier alpha value is -2.74. The number of esters is 1. The smallest absolute Gasteiger partial charge is 0.382 e. The van der Waals surface area contributed by atoms with Gasteiger partial charge in [-0.3, -0.25) is 4.31 Å². The summed E-state index contributed by atoms with van der Waals surface area (Å²) in [5.74, 6) is -5.74.